The van der Waals surface area contributed by atoms with Crippen molar-refractivity contribution >= 4 is 11.8 Å². The molecule has 0 aliphatic carbocycles. The first kappa shape index (κ1) is 8.94. The molecule has 0 bridgehead atoms. The standard InChI is InChI=1S/C11H11NO2/c1-6-4-3-5-8-9(6)7(2)10(13)12-11(8)14/h3-5,7H,1-2H3,(H,12,13,14). The van der Waals surface area contributed by atoms with Gasteiger partial charge in [0.05, 0.1) is 5.92 Å². The van der Waals surface area contributed by atoms with E-state index in [1.54, 1.807) is 6.07 Å². The zero-order valence-corrected chi connectivity index (χ0v) is 8.13. The molecular weight excluding hydrogens is 178 g/mol. The lowest BCUT2D eigenvalue weighted by molar-refractivity contribution is -0.121. The minimum atomic E-state index is -0.285. The maximum atomic E-state index is 11.5. The number of benzene rings is 1. The lowest BCUT2D eigenvalue weighted by Gasteiger charge is -2.22. The number of nitrogens with one attached hydrogen (secondary N) is 1. The molecule has 0 radical (unpaired) electrons. The van der Waals surface area contributed by atoms with Gasteiger partial charge in [-0.05, 0) is 31.0 Å². The van der Waals surface area contributed by atoms with Crippen LogP contribution in [-0.4, -0.2) is 11.8 Å². The molecule has 1 aliphatic heterocycles. The highest BCUT2D eigenvalue weighted by molar-refractivity contribution is 6.11. The van der Waals surface area contributed by atoms with E-state index in [9.17, 15) is 9.59 Å². The Kier molecular flexibility index (Phi) is 1.88. The molecule has 1 aliphatic rings. The van der Waals surface area contributed by atoms with Crippen LogP contribution in [0.15, 0.2) is 18.2 Å². The maximum Gasteiger partial charge on any atom is 0.258 e. The molecule has 14 heavy (non-hydrogen) atoms. The number of hydrogen-bond donors (Lipinski definition) is 1. The van der Waals surface area contributed by atoms with Crippen molar-refractivity contribution in [2.24, 2.45) is 0 Å². The number of hydrogen-bond acceptors (Lipinski definition) is 2. The fourth-order valence-corrected chi connectivity index (χ4v) is 1.87. The number of carbonyl (C=O) groups is 2. The summed E-state index contributed by atoms with van der Waals surface area (Å²) in [6, 6.07) is 5.50. The van der Waals surface area contributed by atoms with Crippen molar-refractivity contribution in [2.75, 3.05) is 0 Å². The minimum absolute atomic E-state index is 0.211. The molecule has 1 unspecified atom stereocenters. The van der Waals surface area contributed by atoms with Crippen molar-refractivity contribution < 1.29 is 9.59 Å². The van der Waals surface area contributed by atoms with E-state index in [-0.39, 0.29) is 17.7 Å². The Morgan fingerprint density at radius 1 is 1.29 bits per heavy atom. The topological polar surface area (TPSA) is 46.2 Å². The first-order valence-corrected chi connectivity index (χ1v) is 4.56. The molecule has 0 spiro atoms. The average molecular weight is 189 g/mol. The van der Waals surface area contributed by atoms with Gasteiger partial charge in [0.15, 0.2) is 0 Å². The zero-order chi connectivity index (χ0) is 10.3. The quantitative estimate of drug-likeness (QED) is 0.626. The van der Waals surface area contributed by atoms with Gasteiger partial charge in [0.1, 0.15) is 0 Å². The molecular formula is C11H11NO2. The number of amides is 2. The summed E-state index contributed by atoms with van der Waals surface area (Å²) in [6.45, 7) is 3.73. The summed E-state index contributed by atoms with van der Waals surface area (Å²) in [7, 11) is 0. The summed E-state index contributed by atoms with van der Waals surface area (Å²) in [4.78, 5) is 22.8. The number of aryl methyl sites for hydroxylation is 1. The van der Waals surface area contributed by atoms with Gasteiger partial charge in [0.25, 0.3) is 5.91 Å². The third-order valence-corrected chi connectivity index (χ3v) is 2.63. The fourth-order valence-electron chi connectivity index (χ4n) is 1.87. The van der Waals surface area contributed by atoms with Crippen molar-refractivity contribution in [3.63, 3.8) is 0 Å². The van der Waals surface area contributed by atoms with Crippen LogP contribution in [0.4, 0.5) is 0 Å². The van der Waals surface area contributed by atoms with Gasteiger partial charge in [-0.3, -0.25) is 14.9 Å². The monoisotopic (exact) mass is 189 g/mol. The summed E-state index contributed by atoms with van der Waals surface area (Å²) >= 11 is 0. The molecule has 2 rings (SSSR count). The van der Waals surface area contributed by atoms with Crippen molar-refractivity contribution in [3.8, 4) is 0 Å². The van der Waals surface area contributed by atoms with Gasteiger partial charge >= 0.3 is 0 Å². The molecule has 3 nitrogen and oxygen atoms in total. The Balaban J connectivity index is 2.68. The van der Waals surface area contributed by atoms with Gasteiger partial charge < -0.3 is 0 Å². The van der Waals surface area contributed by atoms with Crippen LogP contribution in [0.1, 0.15) is 34.3 Å². The number of rotatable bonds is 0. The van der Waals surface area contributed by atoms with Gasteiger partial charge in [-0.2, -0.15) is 0 Å². The predicted molar refractivity (Wildman–Crippen MR) is 52.1 cm³/mol. The minimum Gasteiger partial charge on any atom is -0.292 e. The van der Waals surface area contributed by atoms with E-state index < -0.39 is 0 Å². The summed E-state index contributed by atoms with van der Waals surface area (Å²) < 4.78 is 0. The Morgan fingerprint density at radius 3 is 2.71 bits per heavy atom. The maximum absolute atomic E-state index is 11.5. The largest absolute Gasteiger partial charge is 0.292 e. The molecule has 0 saturated carbocycles. The number of imide groups is 1. The molecule has 2 amide bonds. The lowest BCUT2D eigenvalue weighted by Crippen LogP contribution is -2.39. The number of carbonyl (C=O) groups excluding carboxylic acids is 2. The average Bonchev–Trinajstić information content (AvgIpc) is 2.14. The van der Waals surface area contributed by atoms with Gasteiger partial charge in [-0.25, -0.2) is 0 Å². The Hall–Kier alpha value is -1.64. The second kappa shape index (κ2) is 2.94. The summed E-state index contributed by atoms with van der Waals surface area (Å²) in [5.74, 6) is -0.729. The van der Waals surface area contributed by atoms with E-state index in [0.29, 0.717) is 5.56 Å². The van der Waals surface area contributed by atoms with E-state index in [4.69, 9.17) is 0 Å². The molecule has 0 fully saturated rings. The Morgan fingerprint density at radius 2 is 2.00 bits per heavy atom. The molecule has 0 saturated heterocycles. The van der Waals surface area contributed by atoms with E-state index in [1.165, 1.54) is 0 Å². The van der Waals surface area contributed by atoms with Crippen molar-refractivity contribution in [1.82, 2.24) is 5.32 Å². The van der Waals surface area contributed by atoms with Crippen LogP contribution in [0, 0.1) is 6.92 Å². The van der Waals surface area contributed by atoms with Crippen LogP contribution in [0.5, 0.6) is 0 Å². The Bertz CT molecular complexity index is 423. The van der Waals surface area contributed by atoms with Crippen LogP contribution in [0.3, 0.4) is 0 Å². The first-order valence-electron chi connectivity index (χ1n) is 4.56. The van der Waals surface area contributed by atoms with Crippen molar-refractivity contribution in [2.45, 2.75) is 19.8 Å². The molecule has 1 aromatic rings. The molecule has 3 heteroatoms. The first-order chi connectivity index (χ1) is 6.61. The predicted octanol–water partition coefficient (Wildman–Crippen LogP) is 1.37. The third kappa shape index (κ3) is 1.13. The van der Waals surface area contributed by atoms with Crippen molar-refractivity contribution in [1.29, 1.82) is 0 Å². The molecule has 72 valence electrons. The van der Waals surface area contributed by atoms with Crippen molar-refractivity contribution in [3.05, 3.63) is 34.9 Å². The van der Waals surface area contributed by atoms with Gasteiger partial charge in [0, 0.05) is 5.56 Å². The SMILES string of the molecule is Cc1cccc2c1C(C)C(=O)NC2=O. The molecule has 1 heterocycles. The van der Waals surface area contributed by atoms with Crippen LogP contribution in [0.2, 0.25) is 0 Å². The second-order valence-electron chi connectivity index (χ2n) is 3.58. The van der Waals surface area contributed by atoms with E-state index in [1.807, 2.05) is 26.0 Å². The van der Waals surface area contributed by atoms with E-state index in [2.05, 4.69) is 5.32 Å². The lowest BCUT2D eigenvalue weighted by atomic mass is 9.88. The van der Waals surface area contributed by atoms with Crippen LogP contribution in [-0.2, 0) is 4.79 Å². The molecule has 1 aromatic carbocycles. The van der Waals surface area contributed by atoms with E-state index in [0.717, 1.165) is 11.1 Å². The Labute approximate surface area is 82.1 Å². The second-order valence-corrected chi connectivity index (χ2v) is 3.58. The normalized spacial score (nSPS) is 20.3. The van der Waals surface area contributed by atoms with Gasteiger partial charge in [-0.15, -0.1) is 0 Å². The molecule has 0 aromatic heterocycles. The highest BCUT2D eigenvalue weighted by atomic mass is 16.2. The van der Waals surface area contributed by atoms with Gasteiger partial charge in [0.2, 0.25) is 5.91 Å². The molecule has 1 N–H and O–H groups in total. The fraction of sp³-hybridized carbons (Fsp3) is 0.273. The summed E-state index contributed by atoms with van der Waals surface area (Å²) in [6.07, 6.45) is 0. The van der Waals surface area contributed by atoms with Gasteiger partial charge in [-0.1, -0.05) is 12.1 Å². The summed E-state index contributed by atoms with van der Waals surface area (Å²) in [5, 5.41) is 2.33. The molecule has 1 atom stereocenters. The van der Waals surface area contributed by atoms with Crippen LogP contribution in [0.25, 0.3) is 0 Å². The number of fused-ring (bicyclic) bond motifs is 1. The summed E-state index contributed by atoms with van der Waals surface area (Å²) in [5.41, 5.74) is 2.48. The van der Waals surface area contributed by atoms with E-state index >= 15 is 0 Å². The smallest absolute Gasteiger partial charge is 0.258 e. The highest BCUT2D eigenvalue weighted by Crippen LogP contribution is 2.27. The van der Waals surface area contributed by atoms with Crippen LogP contribution < -0.4 is 5.32 Å². The third-order valence-electron chi connectivity index (χ3n) is 2.63. The van der Waals surface area contributed by atoms with Crippen LogP contribution >= 0.6 is 0 Å². The highest BCUT2D eigenvalue weighted by Gasteiger charge is 2.29. The zero-order valence-electron chi connectivity index (χ0n) is 8.13.